The minimum Gasteiger partial charge on any atom is -0.493 e. The Bertz CT molecular complexity index is 1140. The first-order valence-corrected chi connectivity index (χ1v) is 12.8. The molecule has 0 fully saturated rings. The van der Waals surface area contributed by atoms with Gasteiger partial charge in [0.15, 0.2) is 17.3 Å². The van der Waals surface area contributed by atoms with Crippen LogP contribution in [-0.2, 0) is 23.0 Å². The molecule has 1 aromatic carbocycles. The summed E-state index contributed by atoms with van der Waals surface area (Å²) in [5, 5.41) is 3.66. The summed E-state index contributed by atoms with van der Waals surface area (Å²) in [5.41, 5.74) is 2.56. The number of unbranched alkanes of at least 4 members (excludes halogenated alkanes) is 1. The van der Waals surface area contributed by atoms with Crippen molar-refractivity contribution >= 4 is 21.4 Å². The summed E-state index contributed by atoms with van der Waals surface area (Å²) < 4.78 is 44.0. The van der Waals surface area contributed by atoms with E-state index < -0.39 is 10.0 Å². The zero-order valence-electron chi connectivity index (χ0n) is 18.2. The fourth-order valence-corrected chi connectivity index (χ4v) is 6.19. The Morgan fingerprint density at radius 3 is 2.62 bits per heavy atom. The second-order valence-electron chi connectivity index (χ2n) is 7.60. The van der Waals surface area contributed by atoms with Gasteiger partial charge in [-0.2, -0.15) is 0 Å². The van der Waals surface area contributed by atoms with Crippen LogP contribution in [0.4, 0.5) is 0 Å². The number of hydrogen-bond acceptors (Lipinski definition) is 8. The topological polar surface area (TPSA) is 93.9 Å². The lowest BCUT2D eigenvalue weighted by Gasteiger charge is -2.29. The van der Waals surface area contributed by atoms with E-state index in [4.69, 9.17) is 14.0 Å². The fraction of sp³-hybridized carbons (Fsp3) is 0.409. The first kappa shape index (κ1) is 22.8. The Kier molecular flexibility index (Phi) is 7.14. The van der Waals surface area contributed by atoms with Gasteiger partial charge in [-0.3, -0.25) is 4.90 Å². The summed E-state index contributed by atoms with van der Waals surface area (Å²) in [7, 11) is -0.219. The molecule has 4 rings (SSSR count). The number of fused-ring (bicyclic) bond motifs is 1. The molecule has 0 saturated heterocycles. The molecule has 0 bridgehead atoms. The van der Waals surface area contributed by atoms with Crippen molar-refractivity contribution in [3.05, 3.63) is 47.7 Å². The Hall–Kier alpha value is -2.40. The van der Waals surface area contributed by atoms with Gasteiger partial charge in [-0.25, -0.2) is 13.1 Å². The maximum absolute atomic E-state index is 12.6. The summed E-state index contributed by atoms with van der Waals surface area (Å²) >= 11 is 1.17. The number of thiophene rings is 1. The van der Waals surface area contributed by atoms with Gasteiger partial charge in [-0.15, -0.1) is 11.3 Å². The van der Waals surface area contributed by atoms with E-state index in [1.165, 1.54) is 28.7 Å². The van der Waals surface area contributed by atoms with Crippen LogP contribution in [0.1, 0.15) is 24.0 Å². The number of sulfonamides is 1. The van der Waals surface area contributed by atoms with E-state index in [-0.39, 0.29) is 4.21 Å². The van der Waals surface area contributed by atoms with E-state index in [0.717, 1.165) is 55.3 Å². The molecule has 0 spiro atoms. The average molecular weight is 478 g/mol. The number of hydrogen-bond donors (Lipinski definition) is 1. The second-order valence-corrected chi connectivity index (χ2v) is 10.7. The maximum Gasteiger partial charge on any atom is 0.250 e. The van der Waals surface area contributed by atoms with E-state index in [9.17, 15) is 8.42 Å². The van der Waals surface area contributed by atoms with Crippen LogP contribution in [0.15, 0.2) is 45.3 Å². The molecule has 1 aliphatic heterocycles. The highest BCUT2D eigenvalue weighted by atomic mass is 32.2. The minimum absolute atomic E-state index is 0.279. The summed E-state index contributed by atoms with van der Waals surface area (Å²) in [5.74, 6) is 2.09. The third kappa shape index (κ3) is 5.15. The number of benzene rings is 1. The normalized spacial score (nSPS) is 14.3. The maximum atomic E-state index is 12.6. The molecule has 32 heavy (non-hydrogen) atoms. The molecule has 1 aliphatic rings. The molecule has 0 amide bonds. The van der Waals surface area contributed by atoms with Gasteiger partial charge in [-0.05, 0) is 61.2 Å². The molecular formula is C22H27N3O5S2. The molecule has 3 heterocycles. The zero-order chi connectivity index (χ0) is 22.6. The van der Waals surface area contributed by atoms with Crippen molar-refractivity contribution in [2.24, 2.45) is 0 Å². The van der Waals surface area contributed by atoms with Crippen LogP contribution in [0, 0.1) is 0 Å². The monoisotopic (exact) mass is 477 g/mol. The van der Waals surface area contributed by atoms with Crippen LogP contribution >= 0.6 is 11.3 Å². The molecule has 172 valence electrons. The lowest BCUT2D eigenvalue weighted by Crippen LogP contribution is -2.32. The van der Waals surface area contributed by atoms with Crippen LogP contribution in [0.2, 0.25) is 0 Å². The molecule has 0 saturated carbocycles. The zero-order valence-corrected chi connectivity index (χ0v) is 19.8. The molecule has 0 unspecified atom stereocenters. The van der Waals surface area contributed by atoms with E-state index in [2.05, 4.69) is 26.9 Å². The van der Waals surface area contributed by atoms with Crippen LogP contribution in [0.3, 0.4) is 0 Å². The lowest BCUT2D eigenvalue weighted by atomic mass is 9.98. The standard InChI is InChI=1S/C22H27N3O5S2/c1-28-19-13-16-8-12-25(15-17(16)14-20(19)29-2)11-4-3-9-24-32(26,27)22-6-5-21(31-22)18-7-10-23-30-18/h5-7,10,13-14,24H,3-4,8-9,11-12,15H2,1-2H3. The van der Waals surface area contributed by atoms with Gasteiger partial charge in [0, 0.05) is 25.7 Å². The number of nitrogens with zero attached hydrogens (tertiary/aromatic N) is 2. The molecule has 3 aromatic rings. The Morgan fingerprint density at radius 2 is 1.91 bits per heavy atom. The minimum atomic E-state index is -3.52. The van der Waals surface area contributed by atoms with Crippen LogP contribution < -0.4 is 14.2 Å². The van der Waals surface area contributed by atoms with Crippen molar-refractivity contribution in [1.82, 2.24) is 14.8 Å². The Balaban J connectivity index is 1.24. The van der Waals surface area contributed by atoms with Crippen molar-refractivity contribution in [1.29, 1.82) is 0 Å². The molecule has 0 aliphatic carbocycles. The van der Waals surface area contributed by atoms with Crippen molar-refractivity contribution in [2.45, 2.75) is 30.0 Å². The fourth-order valence-electron chi connectivity index (χ4n) is 3.81. The number of rotatable bonds is 10. The van der Waals surface area contributed by atoms with Crippen LogP contribution in [0.25, 0.3) is 10.6 Å². The largest absolute Gasteiger partial charge is 0.493 e. The van der Waals surface area contributed by atoms with E-state index >= 15 is 0 Å². The number of aromatic nitrogens is 1. The van der Waals surface area contributed by atoms with Gasteiger partial charge in [0.1, 0.15) is 4.21 Å². The van der Waals surface area contributed by atoms with Gasteiger partial charge in [0.05, 0.1) is 25.3 Å². The van der Waals surface area contributed by atoms with Gasteiger partial charge in [0.25, 0.3) is 0 Å². The SMILES string of the molecule is COc1cc2c(cc1OC)CN(CCCCNS(=O)(=O)c1ccc(-c3ccno3)s1)CC2. The summed E-state index contributed by atoms with van der Waals surface area (Å²) in [6.45, 7) is 3.17. The van der Waals surface area contributed by atoms with Gasteiger partial charge >= 0.3 is 0 Å². The van der Waals surface area contributed by atoms with Gasteiger partial charge in [-0.1, -0.05) is 5.16 Å². The molecule has 0 atom stereocenters. The van der Waals surface area contributed by atoms with Crippen LogP contribution in [-0.4, -0.2) is 52.3 Å². The highest BCUT2D eigenvalue weighted by Gasteiger charge is 2.20. The van der Waals surface area contributed by atoms with Crippen molar-refractivity contribution < 1.29 is 22.4 Å². The molecular weight excluding hydrogens is 450 g/mol. The van der Waals surface area contributed by atoms with E-state index in [1.807, 2.05) is 0 Å². The van der Waals surface area contributed by atoms with Crippen molar-refractivity contribution in [3.63, 3.8) is 0 Å². The molecule has 10 heteroatoms. The summed E-state index contributed by atoms with van der Waals surface area (Å²) in [6, 6.07) is 9.17. The number of ether oxygens (including phenoxy) is 2. The van der Waals surface area contributed by atoms with Crippen molar-refractivity contribution in [3.8, 4) is 22.1 Å². The first-order chi connectivity index (χ1) is 15.5. The lowest BCUT2D eigenvalue weighted by molar-refractivity contribution is 0.248. The van der Waals surface area contributed by atoms with Crippen LogP contribution in [0.5, 0.6) is 11.5 Å². The number of methoxy groups -OCH3 is 2. The molecule has 8 nitrogen and oxygen atoms in total. The van der Waals surface area contributed by atoms with Crippen molar-refractivity contribution in [2.75, 3.05) is 33.9 Å². The summed E-state index contributed by atoms with van der Waals surface area (Å²) in [6.07, 6.45) is 4.19. The third-order valence-electron chi connectivity index (χ3n) is 5.52. The highest BCUT2D eigenvalue weighted by molar-refractivity contribution is 7.91. The van der Waals surface area contributed by atoms with Gasteiger partial charge in [0.2, 0.25) is 10.0 Å². The third-order valence-corrected chi connectivity index (χ3v) is 8.57. The first-order valence-electron chi connectivity index (χ1n) is 10.5. The molecule has 2 aromatic heterocycles. The summed E-state index contributed by atoms with van der Waals surface area (Å²) in [4.78, 5) is 3.13. The Labute approximate surface area is 192 Å². The van der Waals surface area contributed by atoms with E-state index in [1.54, 1.807) is 32.4 Å². The quantitative estimate of drug-likeness (QED) is 0.447. The molecule has 1 N–H and O–H groups in total. The smallest absolute Gasteiger partial charge is 0.250 e. The second kappa shape index (κ2) is 10.0. The molecule has 0 radical (unpaired) electrons. The number of nitrogens with one attached hydrogen (secondary N) is 1. The highest BCUT2D eigenvalue weighted by Crippen LogP contribution is 2.33. The predicted molar refractivity (Wildman–Crippen MR) is 123 cm³/mol. The average Bonchev–Trinajstić information content (AvgIpc) is 3.50. The van der Waals surface area contributed by atoms with E-state index in [0.29, 0.717) is 12.3 Å². The predicted octanol–water partition coefficient (Wildman–Crippen LogP) is 3.54. The Morgan fingerprint density at radius 1 is 1.12 bits per heavy atom. The van der Waals surface area contributed by atoms with Gasteiger partial charge < -0.3 is 14.0 Å².